The van der Waals surface area contributed by atoms with Crippen molar-refractivity contribution >= 4 is 22.7 Å². The van der Waals surface area contributed by atoms with Gasteiger partial charge in [-0.25, -0.2) is 4.39 Å². The van der Waals surface area contributed by atoms with Crippen LogP contribution in [0.1, 0.15) is 0 Å². The van der Waals surface area contributed by atoms with E-state index in [1.165, 1.54) is 6.07 Å². The van der Waals surface area contributed by atoms with Crippen LogP contribution in [0.5, 0.6) is 0 Å². The Kier molecular flexibility index (Phi) is 5.56. The molecule has 0 spiro atoms. The first-order valence-corrected chi connectivity index (χ1v) is 4.11. The summed E-state index contributed by atoms with van der Waals surface area (Å²) in [6.07, 6.45) is 0. The number of benzene rings is 1. The summed E-state index contributed by atoms with van der Waals surface area (Å²) >= 11 is 2.86. The second-order valence-corrected chi connectivity index (χ2v) is 3.16. The fourth-order valence-electron chi connectivity index (χ4n) is 0.605. The maximum Gasteiger partial charge on any atom is 1.00 e. The summed E-state index contributed by atoms with van der Waals surface area (Å²) in [5.41, 5.74) is 0. The summed E-state index contributed by atoms with van der Waals surface area (Å²) in [5.74, 6) is -0.789. The molecule has 6 heteroatoms. The first kappa shape index (κ1) is 12.6. The van der Waals surface area contributed by atoms with Gasteiger partial charge >= 0.3 is 29.6 Å². The second kappa shape index (κ2) is 5.32. The molecule has 0 saturated carbocycles. The first-order valence-electron chi connectivity index (χ1n) is 2.65. The van der Waals surface area contributed by atoms with Gasteiger partial charge in [-0.2, -0.15) is 0 Å². The Hall–Kier alpha value is 0.550. The van der Waals surface area contributed by atoms with Gasteiger partial charge in [0.1, 0.15) is 5.82 Å². The van der Waals surface area contributed by atoms with E-state index in [2.05, 4.69) is 0 Å². The van der Waals surface area contributed by atoms with Crippen molar-refractivity contribution < 1.29 is 42.7 Å². The van der Waals surface area contributed by atoms with Crippen molar-refractivity contribution in [1.82, 2.24) is 0 Å². The molecule has 1 unspecified atom stereocenters. The number of hydrogen-bond donors (Lipinski definition) is 0. The molecule has 0 heterocycles. The van der Waals surface area contributed by atoms with Crippen molar-refractivity contribution in [1.29, 1.82) is 0 Å². The second-order valence-electron chi connectivity index (χ2n) is 1.81. The minimum absolute atomic E-state index is 0. The molecule has 0 aliphatic carbocycles. The van der Waals surface area contributed by atoms with Gasteiger partial charge in [0.2, 0.25) is 0 Å². The molecule has 0 saturated heterocycles. The molecule has 0 fully saturated rings. The van der Waals surface area contributed by atoms with Gasteiger partial charge in [-0.1, -0.05) is 11.6 Å². The third-order valence-corrected chi connectivity index (χ3v) is 1.98. The molecule has 0 N–H and O–H groups in total. The minimum Gasteiger partial charge on any atom is -0.768 e. The fourth-order valence-corrected chi connectivity index (χ4v) is 1.29. The van der Waals surface area contributed by atoms with Crippen molar-refractivity contribution in [3.05, 3.63) is 29.0 Å². The van der Waals surface area contributed by atoms with E-state index in [4.69, 9.17) is 11.6 Å². The van der Waals surface area contributed by atoms with Crippen LogP contribution in [0, 0.1) is 5.82 Å². The van der Waals surface area contributed by atoms with Gasteiger partial charge in [0.05, 0.1) is 4.90 Å². The van der Waals surface area contributed by atoms with Crippen LogP contribution < -0.4 is 29.6 Å². The van der Waals surface area contributed by atoms with Crippen LogP contribution in [0.25, 0.3) is 0 Å². The van der Waals surface area contributed by atoms with Crippen LogP contribution in [0.3, 0.4) is 0 Å². The Balaban J connectivity index is 0.00000121. The Bertz CT molecular complexity index is 308. The summed E-state index contributed by atoms with van der Waals surface area (Å²) in [6.45, 7) is 0. The molecule has 1 rings (SSSR count). The summed E-state index contributed by atoms with van der Waals surface area (Å²) in [6, 6.07) is 3.35. The molecular formula is C6H3ClFNaO2S. The van der Waals surface area contributed by atoms with Gasteiger partial charge in [-0.15, -0.1) is 0 Å². The average molecular weight is 217 g/mol. The smallest absolute Gasteiger partial charge is 0.768 e. The van der Waals surface area contributed by atoms with E-state index in [0.29, 0.717) is 0 Å². The van der Waals surface area contributed by atoms with E-state index >= 15 is 0 Å². The van der Waals surface area contributed by atoms with Gasteiger partial charge in [0, 0.05) is 5.02 Å². The molecule has 1 aromatic carbocycles. The average Bonchev–Trinajstić information content (AvgIpc) is 1.94. The predicted octanol–water partition coefficient (Wildman–Crippen LogP) is -1.28. The normalized spacial score (nSPS) is 11.9. The standard InChI is InChI=1S/C6H4ClFO2S.Na/c7-4-1-2-5(8)6(3-4)11(9)10;/h1-3H,(H,9,10);/q;+1/p-1. The molecule has 0 radical (unpaired) electrons. The van der Waals surface area contributed by atoms with Crippen molar-refractivity contribution in [2.75, 3.05) is 0 Å². The maximum absolute atomic E-state index is 12.6. The Morgan fingerprint density at radius 3 is 2.50 bits per heavy atom. The van der Waals surface area contributed by atoms with Crippen LogP contribution in [0.2, 0.25) is 5.02 Å². The van der Waals surface area contributed by atoms with Crippen LogP contribution in [-0.4, -0.2) is 8.76 Å². The summed E-state index contributed by atoms with van der Waals surface area (Å²) in [5, 5.41) is 0.200. The molecule has 0 aliphatic heterocycles. The number of hydrogen-bond acceptors (Lipinski definition) is 2. The van der Waals surface area contributed by atoms with Gasteiger partial charge < -0.3 is 4.55 Å². The molecular weight excluding hydrogens is 214 g/mol. The maximum atomic E-state index is 12.6. The van der Waals surface area contributed by atoms with Crippen molar-refractivity contribution in [2.45, 2.75) is 4.90 Å². The van der Waals surface area contributed by atoms with E-state index in [1.807, 2.05) is 0 Å². The molecule has 12 heavy (non-hydrogen) atoms. The molecule has 1 atom stereocenters. The number of halogens is 2. The molecule has 0 aliphatic rings. The molecule has 0 aromatic heterocycles. The van der Waals surface area contributed by atoms with Crippen LogP contribution in [0.4, 0.5) is 4.39 Å². The molecule has 1 aromatic rings. The zero-order valence-corrected chi connectivity index (χ0v) is 9.79. The quantitative estimate of drug-likeness (QED) is 0.434. The Labute approximate surface area is 98.7 Å². The van der Waals surface area contributed by atoms with Crippen molar-refractivity contribution in [3.63, 3.8) is 0 Å². The topological polar surface area (TPSA) is 40.1 Å². The minimum atomic E-state index is -2.56. The van der Waals surface area contributed by atoms with E-state index in [9.17, 15) is 13.2 Å². The van der Waals surface area contributed by atoms with Gasteiger partial charge in [0.15, 0.2) is 0 Å². The van der Waals surface area contributed by atoms with E-state index in [1.54, 1.807) is 0 Å². The summed E-state index contributed by atoms with van der Waals surface area (Å²) < 4.78 is 33.1. The Morgan fingerprint density at radius 1 is 1.50 bits per heavy atom. The molecule has 2 nitrogen and oxygen atoms in total. The van der Waals surface area contributed by atoms with Crippen LogP contribution in [0.15, 0.2) is 23.1 Å². The number of rotatable bonds is 1. The van der Waals surface area contributed by atoms with Gasteiger partial charge in [-0.3, -0.25) is 4.21 Å². The zero-order chi connectivity index (χ0) is 8.43. The van der Waals surface area contributed by atoms with Crippen molar-refractivity contribution in [2.24, 2.45) is 0 Å². The molecule has 0 bridgehead atoms. The molecule has 60 valence electrons. The third-order valence-electron chi connectivity index (χ3n) is 1.07. The van der Waals surface area contributed by atoms with E-state index in [-0.39, 0.29) is 34.6 Å². The predicted molar refractivity (Wildman–Crippen MR) is 38.6 cm³/mol. The van der Waals surface area contributed by atoms with Crippen LogP contribution in [-0.2, 0) is 11.1 Å². The zero-order valence-electron chi connectivity index (χ0n) is 6.21. The third kappa shape index (κ3) is 3.12. The summed E-state index contributed by atoms with van der Waals surface area (Å²) in [7, 11) is 0. The molecule has 0 amide bonds. The Morgan fingerprint density at radius 2 is 2.08 bits per heavy atom. The van der Waals surface area contributed by atoms with Gasteiger partial charge in [-0.05, 0) is 29.3 Å². The van der Waals surface area contributed by atoms with E-state index in [0.717, 1.165) is 12.1 Å². The monoisotopic (exact) mass is 216 g/mol. The summed E-state index contributed by atoms with van der Waals surface area (Å²) in [4.78, 5) is -0.405. The first-order chi connectivity index (χ1) is 5.11. The van der Waals surface area contributed by atoms with Crippen molar-refractivity contribution in [3.8, 4) is 0 Å². The fraction of sp³-hybridized carbons (Fsp3) is 0. The van der Waals surface area contributed by atoms with E-state index < -0.39 is 21.8 Å². The largest absolute Gasteiger partial charge is 1.00 e. The van der Waals surface area contributed by atoms with Crippen LogP contribution >= 0.6 is 11.6 Å². The van der Waals surface area contributed by atoms with Gasteiger partial charge in [0.25, 0.3) is 0 Å². The SMILES string of the molecule is O=S([O-])c1cc(Cl)ccc1F.[Na+].